The van der Waals surface area contributed by atoms with Crippen LogP contribution < -0.4 is 5.32 Å². The van der Waals surface area contributed by atoms with Gasteiger partial charge in [-0.2, -0.15) is 0 Å². The molecule has 1 aliphatic rings. The zero-order valence-corrected chi connectivity index (χ0v) is 11.9. The average Bonchev–Trinajstić information content (AvgIpc) is 2.96. The Hall–Kier alpha value is -2.23. The lowest BCUT2D eigenvalue weighted by atomic mass is 10.0. The number of aliphatic carboxylic acids is 1. The van der Waals surface area contributed by atoms with Crippen LogP contribution in [0.15, 0.2) is 18.2 Å². The van der Waals surface area contributed by atoms with Crippen molar-refractivity contribution in [2.24, 2.45) is 0 Å². The van der Waals surface area contributed by atoms with E-state index in [1.807, 2.05) is 0 Å². The summed E-state index contributed by atoms with van der Waals surface area (Å²) in [6.45, 7) is 5.84. The molecular weight excluding hydrogens is 252 g/mol. The molecule has 1 aromatic carbocycles. The Morgan fingerprint density at radius 2 is 2.15 bits per heavy atom. The molecule has 2 heterocycles. The largest absolute Gasteiger partial charge is 0.480 e. The molecule has 1 atom stereocenters. The number of nitrogens with zero attached hydrogens (tertiary/aromatic N) is 1. The maximum atomic E-state index is 11.1. The molecule has 4 heteroatoms. The lowest BCUT2D eigenvalue weighted by molar-refractivity contribution is -0.137. The van der Waals surface area contributed by atoms with Gasteiger partial charge in [-0.15, -0.1) is 0 Å². The number of hydrogen-bond acceptors (Lipinski definition) is 2. The van der Waals surface area contributed by atoms with Gasteiger partial charge < -0.3 is 15.0 Å². The predicted octanol–water partition coefficient (Wildman–Crippen LogP) is 3.17. The lowest BCUT2D eigenvalue weighted by Gasteiger charge is -2.13. The van der Waals surface area contributed by atoms with Crippen LogP contribution in [-0.4, -0.2) is 21.7 Å². The normalized spacial score (nSPS) is 14.6. The summed E-state index contributed by atoms with van der Waals surface area (Å²) < 4.78 is 2.15. The van der Waals surface area contributed by atoms with Crippen LogP contribution in [0, 0.1) is 13.8 Å². The van der Waals surface area contributed by atoms with E-state index in [1.54, 1.807) is 6.92 Å². The standard InChI is InChI=1S/C16H18N2O2/c1-9-6-7-12-14(10(9)2)15(17-11(3)16(19)20)13-5-4-8-18(12)13/h4,6-8,11,17H,5H2,1-3H3,(H,19,20)/t11-/m0/s1. The Morgan fingerprint density at radius 1 is 1.40 bits per heavy atom. The fraction of sp³-hybridized carbons (Fsp3) is 0.312. The molecule has 0 fully saturated rings. The van der Waals surface area contributed by atoms with E-state index in [0.717, 1.165) is 28.7 Å². The number of anilines is 1. The molecule has 20 heavy (non-hydrogen) atoms. The van der Waals surface area contributed by atoms with Gasteiger partial charge in [0.05, 0.1) is 16.9 Å². The Bertz CT molecular complexity index is 741. The third-order valence-electron chi connectivity index (χ3n) is 4.10. The molecule has 0 radical (unpaired) electrons. The Balaban J connectivity index is 2.25. The number of allylic oxidation sites excluding steroid dienone is 1. The van der Waals surface area contributed by atoms with Crippen LogP contribution in [0.4, 0.5) is 5.69 Å². The molecule has 1 aliphatic heterocycles. The number of hydrogen-bond donors (Lipinski definition) is 2. The molecule has 4 nitrogen and oxygen atoms in total. The highest BCUT2D eigenvalue weighted by atomic mass is 16.4. The minimum absolute atomic E-state index is 0.606. The summed E-state index contributed by atoms with van der Waals surface area (Å²) in [4.78, 5) is 11.1. The van der Waals surface area contributed by atoms with Crippen LogP contribution in [0.2, 0.25) is 0 Å². The van der Waals surface area contributed by atoms with E-state index in [1.165, 1.54) is 11.1 Å². The van der Waals surface area contributed by atoms with Crippen LogP contribution in [-0.2, 0) is 11.2 Å². The number of aromatic nitrogens is 1. The Kier molecular flexibility index (Phi) is 2.82. The van der Waals surface area contributed by atoms with E-state index in [9.17, 15) is 4.79 Å². The summed E-state index contributed by atoms with van der Waals surface area (Å²) >= 11 is 0. The van der Waals surface area contributed by atoms with E-state index in [4.69, 9.17) is 5.11 Å². The van der Waals surface area contributed by atoms with Gasteiger partial charge >= 0.3 is 5.97 Å². The third kappa shape index (κ3) is 1.72. The fourth-order valence-electron chi connectivity index (χ4n) is 2.80. The maximum Gasteiger partial charge on any atom is 0.325 e. The number of aryl methyl sites for hydroxylation is 2. The number of carboxylic acids is 1. The Morgan fingerprint density at radius 3 is 2.85 bits per heavy atom. The second-order valence-electron chi connectivity index (χ2n) is 5.39. The van der Waals surface area contributed by atoms with E-state index in [0.29, 0.717) is 0 Å². The minimum atomic E-state index is -0.839. The highest BCUT2D eigenvalue weighted by molar-refractivity contribution is 6.01. The van der Waals surface area contributed by atoms with Gasteiger partial charge in [0, 0.05) is 18.0 Å². The van der Waals surface area contributed by atoms with Crippen LogP contribution in [0.1, 0.15) is 23.7 Å². The highest BCUT2D eigenvalue weighted by Crippen LogP contribution is 2.38. The molecule has 0 unspecified atom stereocenters. The summed E-state index contributed by atoms with van der Waals surface area (Å²) in [6.07, 6.45) is 4.99. The number of fused-ring (bicyclic) bond motifs is 3. The molecule has 2 N–H and O–H groups in total. The molecule has 0 aliphatic carbocycles. The number of carboxylic acid groups (broad SMARTS) is 1. The third-order valence-corrected chi connectivity index (χ3v) is 4.10. The Labute approximate surface area is 117 Å². The first kappa shape index (κ1) is 12.8. The summed E-state index contributed by atoms with van der Waals surface area (Å²) in [7, 11) is 0. The zero-order chi connectivity index (χ0) is 14.4. The quantitative estimate of drug-likeness (QED) is 0.900. The number of carbonyl (C=O) groups is 1. The van der Waals surface area contributed by atoms with Crippen LogP contribution in [0.5, 0.6) is 0 Å². The average molecular weight is 270 g/mol. The van der Waals surface area contributed by atoms with E-state index in [-0.39, 0.29) is 0 Å². The van der Waals surface area contributed by atoms with Crippen molar-refractivity contribution in [3.8, 4) is 0 Å². The lowest BCUT2D eigenvalue weighted by Crippen LogP contribution is -2.25. The number of nitrogens with one attached hydrogen (secondary N) is 1. The van der Waals surface area contributed by atoms with Crippen molar-refractivity contribution in [2.75, 3.05) is 5.32 Å². The van der Waals surface area contributed by atoms with Crippen molar-refractivity contribution >= 4 is 28.8 Å². The van der Waals surface area contributed by atoms with Crippen molar-refractivity contribution < 1.29 is 9.90 Å². The molecule has 1 aromatic heterocycles. The molecule has 104 valence electrons. The van der Waals surface area contributed by atoms with Gasteiger partial charge in [-0.05, 0) is 38.0 Å². The van der Waals surface area contributed by atoms with Gasteiger partial charge in [-0.25, -0.2) is 0 Å². The molecule has 2 aromatic rings. The predicted molar refractivity (Wildman–Crippen MR) is 81.2 cm³/mol. The van der Waals surface area contributed by atoms with Crippen molar-refractivity contribution in [1.82, 2.24) is 4.57 Å². The SMILES string of the molecule is Cc1ccc2c(c1C)c(N[C@@H](C)C(=O)O)c1n2C=CC1. The second kappa shape index (κ2) is 4.40. The molecule has 0 amide bonds. The smallest absolute Gasteiger partial charge is 0.325 e. The fourth-order valence-corrected chi connectivity index (χ4v) is 2.80. The zero-order valence-electron chi connectivity index (χ0n) is 11.9. The van der Waals surface area contributed by atoms with Crippen LogP contribution >= 0.6 is 0 Å². The highest BCUT2D eigenvalue weighted by Gasteiger charge is 2.22. The summed E-state index contributed by atoms with van der Waals surface area (Å²) in [6, 6.07) is 3.61. The van der Waals surface area contributed by atoms with E-state index >= 15 is 0 Å². The molecule has 3 rings (SSSR count). The topological polar surface area (TPSA) is 54.3 Å². The van der Waals surface area contributed by atoms with Crippen LogP contribution in [0.3, 0.4) is 0 Å². The first-order chi connectivity index (χ1) is 9.50. The van der Waals surface area contributed by atoms with Gasteiger partial charge in [0.1, 0.15) is 6.04 Å². The number of rotatable bonds is 3. The molecular formula is C16H18N2O2. The van der Waals surface area contributed by atoms with Gasteiger partial charge in [0.2, 0.25) is 0 Å². The second-order valence-corrected chi connectivity index (χ2v) is 5.39. The molecule has 0 bridgehead atoms. The van der Waals surface area contributed by atoms with Crippen molar-refractivity contribution in [3.63, 3.8) is 0 Å². The molecule has 0 spiro atoms. The van der Waals surface area contributed by atoms with E-state index in [2.05, 4.69) is 48.1 Å². The van der Waals surface area contributed by atoms with Crippen molar-refractivity contribution in [2.45, 2.75) is 33.2 Å². The first-order valence-corrected chi connectivity index (χ1v) is 6.79. The maximum absolute atomic E-state index is 11.1. The molecule has 0 saturated heterocycles. The summed E-state index contributed by atoms with van der Waals surface area (Å²) in [5.41, 5.74) is 5.66. The van der Waals surface area contributed by atoms with Gasteiger partial charge in [0.15, 0.2) is 0 Å². The summed E-state index contributed by atoms with van der Waals surface area (Å²) in [5.74, 6) is -0.839. The van der Waals surface area contributed by atoms with Gasteiger partial charge in [-0.3, -0.25) is 4.79 Å². The minimum Gasteiger partial charge on any atom is -0.480 e. The molecule has 0 saturated carbocycles. The van der Waals surface area contributed by atoms with Gasteiger partial charge in [-0.1, -0.05) is 12.1 Å². The van der Waals surface area contributed by atoms with E-state index < -0.39 is 12.0 Å². The number of benzene rings is 1. The van der Waals surface area contributed by atoms with Gasteiger partial charge in [0.25, 0.3) is 0 Å². The summed E-state index contributed by atoms with van der Waals surface area (Å²) in [5, 5.41) is 13.4. The van der Waals surface area contributed by atoms with Crippen molar-refractivity contribution in [1.29, 1.82) is 0 Å². The van der Waals surface area contributed by atoms with Crippen LogP contribution in [0.25, 0.3) is 17.1 Å². The van der Waals surface area contributed by atoms with Crippen molar-refractivity contribution in [3.05, 3.63) is 35.0 Å². The first-order valence-electron chi connectivity index (χ1n) is 6.79. The monoisotopic (exact) mass is 270 g/mol.